The van der Waals surface area contributed by atoms with Gasteiger partial charge in [-0.3, -0.25) is 9.36 Å². The lowest BCUT2D eigenvalue weighted by Crippen LogP contribution is -2.33. The Balaban J connectivity index is 1.84. The summed E-state index contributed by atoms with van der Waals surface area (Å²) in [7, 11) is -3.29. The molecule has 1 N–H and O–H groups in total. The van der Waals surface area contributed by atoms with Crippen molar-refractivity contribution >= 4 is 15.9 Å². The summed E-state index contributed by atoms with van der Waals surface area (Å²) in [5, 5.41) is 0. The van der Waals surface area contributed by atoms with Crippen molar-refractivity contribution in [1.82, 2.24) is 9.29 Å². The summed E-state index contributed by atoms with van der Waals surface area (Å²) in [6.07, 6.45) is 5.15. The fraction of sp³-hybridized carbons (Fsp3) is 0.500. The lowest BCUT2D eigenvalue weighted by atomic mass is 10.5. The van der Waals surface area contributed by atoms with Gasteiger partial charge in [-0.2, -0.15) is 0 Å². The maximum atomic E-state index is 11.5. The van der Waals surface area contributed by atoms with Gasteiger partial charge in [0.15, 0.2) is 0 Å². The van der Waals surface area contributed by atoms with Gasteiger partial charge in [-0.1, -0.05) is 0 Å². The molecule has 16 heavy (non-hydrogen) atoms. The predicted molar refractivity (Wildman–Crippen MR) is 59.6 cm³/mol. The molecule has 5 nitrogen and oxygen atoms in total. The fourth-order valence-electron chi connectivity index (χ4n) is 1.42. The first-order chi connectivity index (χ1) is 7.57. The summed E-state index contributed by atoms with van der Waals surface area (Å²) in [5.41, 5.74) is 0. The van der Waals surface area contributed by atoms with Gasteiger partial charge in [0, 0.05) is 12.4 Å². The van der Waals surface area contributed by atoms with Gasteiger partial charge in [-0.05, 0) is 30.9 Å². The van der Waals surface area contributed by atoms with Crippen molar-refractivity contribution in [3.63, 3.8) is 0 Å². The van der Waals surface area contributed by atoms with Crippen molar-refractivity contribution in [2.24, 2.45) is 5.92 Å². The highest BCUT2D eigenvalue weighted by molar-refractivity contribution is 7.89. The molecule has 0 aliphatic heterocycles. The van der Waals surface area contributed by atoms with E-state index in [1.807, 2.05) is 0 Å². The molecule has 0 bridgehead atoms. The number of nitrogens with zero attached hydrogens (tertiary/aromatic N) is 1. The van der Waals surface area contributed by atoms with Crippen LogP contribution in [0, 0.1) is 5.92 Å². The van der Waals surface area contributed by atoms with Crippen LogP contribution in [-0.4, -0.2) is 31.2 Å². The van der Waals surface area contributed by atoms with Gasteiger partial charge in [0.05, 0.1) is 12.3 Å². The summed E-state index contributed by atoms with van der Waals surface area (Å²) >= 11 is 0. The Labute approximate surface area is 94.5 Å². The molecule has 1 aromatic heterocycles. The molecule has 2 rings (SSSR count). The first-order valence-electron chi connectivity index (χ1n) is 5.20. The summed E-state index contributed by atoms with van der Waals surface area (Å²) in [6, 6.07) is 3.44. The van der Waals surface area contributed by atoms with Crippen LogP contribution in [0.5, 0.6) is 0 Å². The van der Waals surface area contributed by atoms with E-state index in [1.54, 1.807) is 24.5 Å². The first kappa shape index (κ1) is 11.3. The van der Waals surface area contributed by atoms with Crippen LogP contribution in [-0.2, 0) is 10.0 Å². The largest absolute Gasteiger partial charge is 0.294 e. The van der Waals surface area contributed by atoms with E-state index in [9.17, 15) is 13.2 Å². The van der Waals surface area contributed by atoms with Crippen LogP contribution >= 0.6 is 0 Å². The molecule has 0 aromatic carbocycles. The number of carbonyl (C=O) groups is 1. The van der Waals surface area contributed by atoms with Crippen LogP contribution in [0.4, 0.5) is 0 Å². The van der Waals surface area contributed by atoms with E-state index in [0.717, 1.165) is 12.8 Å². The quantitative estimate of drug-likeness (QED) is 0.815. The Morgan fingerprint density at radius 2 is 1.94 bits per heavy atom. The van der Waals surface area contributed by atoms with Crippen molar-refractivity contribution < 1.29 is 13.2 Å². The average molecular weight is 242 g/mol. The van der Waals surface area contributed by atoms with E-state index in [2.05, 4.69) is 4.72 Å². The monoisotopic (exact) mass is 242 g/mol. The van der Waals surface area contributed by atoms with E-state index in [4.69, 9.17) is 0 Å². The fourth-order valence-corrected chi connectivity index (χ4v) is 2.83. The Hall–Kier alpha value is -1.14. The summed E-state index contributed by atoms with van der Waals surface area (Å²) < 4.78 is 26.6. The number of rotatable bonds is 5. The molecule has 1 heterocycles. The molecule has 88 valence electrons. The van der Waals surface area contributed by atoms with E-state index < -0.39 is 10.0 Å². The van der Waals surface area contributed by atoms with Crippen molar-refractivity contribution in [2.45, 2.75) is 12.8 Å². The SMILES string of the molecule is O=C(CNS(=O)(=O)CC1CC1)n1cccc1. The topological polar surface area (TPSA) is 68.2 Å². The predicted octanol–water partition coefficient (Wildman–Crippen LogP) is 0.458. The standard InChI is InChI=1S/C10H14N2O3S/c13-10(12-5-1-2-6-12)7-11-16(14,15)8-9-3-4-9/h1-2,5-6,9,11H,3-4,7-8H2. The van der Waals surface area contributed by atoms with E-state index >= 15 is 0 Å². The number of hydrogen-bond acceptors (Lipinski definition) is 3. The molecule has 0 saturated heterocycles. The van der Waals surface area contributed by atoms with Crippen LogP contribution in [0.25, 0.3) is 0 Å². The molecule has 0 spiro atoms. The Kier molecular flexibility index (Phi) is 3.11. The van der Waals surface area contributed by atoms with E-state index in [0.29, 0.717) is 5.92 Å². The smallest absolute Gasteiger partial charge is 0.245 e. The van der Waals surface area contributed by atoms with Crippen molar-refractivity contribution in [3.05, 3.63) is 24.5 Å². The second kappa shape index (κ2) is 4.39. The van der Waals surface area contributed by atoms with Gasteiger partial charge in [-0.25, -0.2) is 13.1 Å². The molecule has 1 aromatic rings. The zero-order valence-corrected chi connectivity index (χ0v) is 9.61. The van der Waals surface area contributed by atoms with E-state index in [1.165, 1.54) is 4.57 Å². The van der Waals surface area contributed by atoms with Gasteiger partial charge in [0.25, 0.3) is 0 Å². The van der Waals surface area contributed by atoms with Crippen molar-refractivity contribution in [2.75, 3.05) is 12.3 Å². The number of aromatic nitrogens is 1. The molecule has 1 saturated carbocycles. The van der Waals surface area contributed by atoms with Crippen molar-refractivity contribution in [3.8, 4) is 0 Å². The molecule has 1 aliphatic rings. The van der Waals surface area contributed by atoms with Crippen LogP contribution in [0.15, 0.2) is 24.5 Å². The second-order valence-corrected chi connectivity index (χ2v) is 5.88. The highest BCUT2D eigenvalue weighted by atomic mass is 32.2. The van der Waals surface area contributed by atoms with Gasteiger partial charge >= 0.3 is 0 Å². The Morgan fingerprint density at radius 3 is 2.50 bits per heavy atom. The molecule has 0 unspecified atom stereocenters. The number of sulfonamides is 1. The molecular weight excluding hydrogens is 228 g/mol. The lowest BCUT2D eigenvalue weighted by Gasteiger charge is -2.05. The molecule has 1 fully saturated rings. The number of carbonyl (C=O) groups excluding carboxylic acids is 1. The van der Waals surface area contributed by atoms with Gasteiger partial charge in [0.1, 0.15) is 0 Å². The zero-order valence-electron chi connectivity index (χ0n) is 8.80. The minimum atomic E-state index is -3.29. The Morgan fingerprint density at radius 1 is 1.31 bits per heavy atom. The molecular formula is C10H14N2O3S. The third kappa shape index (κ3) is 3.18. The van der Waals surface area contributed by atoms with E-state index in [-0.39, 0.29) is 18.2 Å². The third-order valence-electron chi connectivity index (χ3n) is 2.49. The van der Waals surface area contributed by atoms with Crippen LogP contribution in [0.1, 0.15) is 17.6 Å². The van der Waals surface area contributed by atoms with Gasteiger partial charge < -0.3 is 0 Å². The first-order valence-corrected chi connectivity index (χ1v) is 6.85. The van der Waals surface area contributed by atoms with Gasteiger partial charge in [0.2, 0.25) is 15.9 Å². The third-order valence-corrected chi connectivity index (χ3v) is 3.98. The zero-order chi connectivity index (χ0) is 11.6. The summed E-state index contributed by atoms with van der Waals surface area (Å²) in [5.74, 6) is 0.162. The lowest BCUT2D eigenvalue weighted by molar-refractivity contribution is 0.0919. The van der Waals surface area contributed by atoms with Crippen molar-refractivity contribution in [1.29, 1.82) is 0 Å². The number of hydrogen-bond donors (Lipinski definition) is 1. The molecule has 0 atom stereocenters. The molecule has 0 amide bonds. The number of nitrogens with one attached hydrogen (secondary N) is 1. The second-order valence-electron chi connectivity index (χ2n) is 4.03. The summed E-state index contributed by atoms with van der Waals surface area (Å²) in [6.45, 7) is -0.177. The molecule has 0 radical (unpaired) electrons. The Bertz CT molecular complexity index is 460. The van der Waals surface area contributed by atoms with Crippen LogP contribution in [0.2, 0.25) is 0 Å². The average Bonchev–Trinajstić information content (AvgIpc) is 2.86. The van der Waals surface area contributed by atoms with Gasteiger partial charge in [-0.15, -0.1) is 0 Å². The summed E-state index contributed by atoms with van der Waals surface area (Å²) in [4.78, 5) is 11.5. The minimum absolute atomic E-state index is 0.145. The minimum Gasteiger partial charge on any atom is -0.294 e. The molecule has 1 aliphatic carbocycles. The molecule has 6 heteroatoms. The highest BCUT2D eigenvalue weighted by Gasteiger charge is 2.28. The highest BCUT2D eigenvalue weighted by Crippen LogP contribution is 2.29. The normalized spacial score (nSPS) is 16.2. The van der Waals surface area contributed by atoms with Crippen LogP contribution in [0.3, 0.4) is 0 Å². The maximum Gasteiger partial charge on any atom is 0.245 e. The van der Waals surface area contributed by atoms with Crippen LogP contribution < -0.4 is 4.72 Å². The maximum absolute atomic E-state index is 11.5.